The van der Waals surface area contributed by atoms with Crippen molar-refractivity contribution < 1.29 is 19.2 Å². The number of nitrogens with two attached hydrogens (primary N) is 1. The summed E-state index contributed by atoms with van der Waals surface area (Å²) in [6.45, 7) is 3.18. The fraction of sp³-hybridized carbons (Fsp3) is 0.600. The summed E-state index contributed by atoms with van der Waals surface area (Å²) < 4.78 is 0. The van der Waals surface area contributed by atoms with Crippen LogP contribution in [0.3, 0.4) is 0 Å². The molecule has 1 aromatic rings. The third-order valence-corrected chi connectivity index (χ3v) is 7.81. The van der Waals surface area contributed by atoms with Gasteiger partial charge in [-0.2, -0.15) is 0 Å². The van der Waals surface area contributed by atoms with E-state index in [0.29, 0.717) is 37.2 Å². The molecule has 34 heavy (non-hydrogen) atoms. The van der Waals surface area contributed by atoms with Crippen LogP contribution >= 0.6 is 0 Å². The van der Waals surface area contributed by atoms with Crippen LogP contribution in [0.25, 0.3) is 0 Å². The van der Waals surface area contributed by atoms with Crippen LogP contribution in [0.5, 0.6) is 0 Å². The number of nitrogens with zero attached hydrogens (tertiary/aromatic N) is 4. The molecule has 4 amide bonds. The number of benzene rings is 1. The Bertz CT molecular complexity index is 997. The summed E-state index contributed by atoms with van der Waals surface area (Å²) in [5, 5.41) is 0. The summed E-state index contributed by atoms with van der Waals surface area (Å²) in [7, 11) is 0. The van der Waals surface area contributed by atoms with E-state index in [4.69, 9.17) is 5.73 Å². The third kappa shape index (κ3) is 4.12. The van der Waals surface area contributed by atoms with Gasteiger partial charge in [0, 0.05) is 44.2 Å². The van der Waals surface area contributed by atoms with Crippen molar-refractivity contribution in [1.29, 1.82) is 0 Å². The van der Waals surface area contributed by atoms with Crippen molar-refractivity contribution in [3.05, 3.63) is 23.8 Å². The third-order valence-electron chi connectivity index (χ3n) is 7.81. The molecule has 1 atom stereocenters. The lowest BCUT2D eigenvalue weighted by atomic mass is 9.94. The number of amides is 4. The largest absolute Gasteiger partial charge is 0.369 e. The number of hydrogen-bond acceptors (Lipinski definition) is 5. The quantitative estimate of drug-likeness (QED) is 0.719. The zero-order valence-corrected chi connectivity index (χ0v) is 19.6. The molecule has 3 fully saturated rings. The van der Waals surface area contributed by atoms with Crippen LogP contribution in [-0.4, -0.2) is 78.7 Å². The molecule has 0 aromatic heterocycles. The van der Waals surface area contributed by atoms with Gasteiger partial charge in [0.1, 0.15) is 12.6 Å². The van der Waals surface area contributed by atoms with Crippen LogP contribution in [0, 0.1) is 5.92 Å². The Morgan fingerprint density at radius 2 is 1.56 bits per heavy atom. The number of anilines is 2. The second-order valence-electron chi connectivity index (χ2n) is 9.89. The Morgan fingerprint density at radius 3 is 2.26 bits per heavy atom. The highest BCUT2D eigenvalue weighted by Gasteiger charge is 2.41. The van der Waals surface area contributed by atoms with E-state index in [1.165, 1.54) is 0 Å². The van der Waals surface area contributed by atoms with E-state index >= 15 is 0 Å². The molecule has 4 heterocycles. The van der Waals surface area contributed by atoms with Gasteiger partial charge in [0.15, 0.2) is 0 Å². The summed E-state index contributed by atoms with van der Waals surface area (Å²) in [6.07, 6.45) is 5.89. The monoisotopic (exact) mass is 467 g/mol. The van der Waals surface area contributed by atoms with Gasteiger partial charge >= 0.3 is 0 Å². The lowest BCUT2D eigenvalue weighted by Gasteiger charge is -2.45. The van der Waals surface area contributed by atoms with Crippen molar-refractivity contribution in [2.45, 2.75) is 51.0 Å². The summed E-state index contributed by atoms with van der Waals surface area (Å²) in [6, 6.07) is 5.33. The van der Waals surface area contributed by atoms with Gasteiger partial charge in [-0.15, -0.1) is 0 Å². The summed E-state index contributed by atoms with van der Waals surface area (Å²) in [5.74, 6) is -0.745. The number of fused-ring (bicyclic) bond motifs is 3. The lowest BCUT2D eigenvalue weighted by Crippen LogP contribution is -2.57. The fourth-order valence-electron chi connectivity index (χ4n) is 5.81. The van der Waals surface area contributed by atoms with E-state index in [2.05, 4.69) is 4.90 Å². The van der Waals surface area contributed by atoms with Gasteiger partial charge in [0.05, 0.1) is 11.4 Å². The van der Waals surface area contributed by atoms with E-state index in [9.17, 15) is 19.2 Å². The highest BCUT2D eigenvalue weighted by molar-refractivity contribution is 6.10. The topological polar surface area (TPSA) is 107 Å². The van der Waals surface area contributed by atoms with Crippen LogP contribution < -0.4 is 15.5 Å². The van der Waals surface area contributed by atoms with Gasteiger partial charge in [-0.1, -0.05) is 0 Å². The Balaban J connectivity index is 1.41. The average Bonchev–Trinajstić information content (AvgIpc) is 3.41. The number of carbonyl (C=O) groups is 4. The van der Waals surface area contributed by atoms with E-state index in [-0.39, 0.29) is 42.1 Å². The molecule has 0 spiro atoms. The molecule has 4 aliphatic heterocycles. The van der Waals surface area contributed by atoms with Gasteiger partial charge in [-0.3, -0.25) is 24.1 Å². The van der Waals surface area contributed by atoms with Gasteiger partial charge in [-0.05, 0) is 63.1 Å². The summed E-state index contributed by atoms with van der Waals surface area (Å²) >= 11 is 0. The van der Waals surface area contributed by atoms with E-state index < -0.39 is 0 Å². The van der Waals surface area contributed by atoms with Gasteiger partial charge in [0.25, 0.3) is 5.91 Å². The second kappa shape index (κ2) is 9.27. The van der Waals surface area contributed by atoms with E-state index in [0.717, 1.165) is 57.4 Å². The molecule has 0 radical (unpaired) electrons. The highest BCUT2D eigenvalue weighted by Crippen LogP contribution is 2.40. The predicted molar refractivity (Wildman–Crippen MR) is 127 cm³/mol. The fourth-order valence-corrected chi connectivity index (χ4v) is 5.81. The molecule has 2 N–H and O–H groups in total. The van der Waals surface area contributed by atoms with Crippen LogP contribution in [0.2, 0.25) is 0 Å². The maximum atomic E-state index is 13.6. The normalized spacial score (nSPS) is 23.1. The number of hydrogen-bond donors (Lipinski definition) is 1. The van der Waals surface area contributed by atoms with Gasteiger partial charge < -0.3 is 20.4 Å². The van der Waals surface area contributed by atoms with Crippen molar-refractivity contribution in [3.8, 4) is 0 Å². The molecule has 0 saturated carbocycles. The van der Waals surface area contributed by atoms with Crippen LogP contribution in [0.4, 0.5) is 11.4 Å². The molecular weight excluding hydrogens is 434 g/mol. The molecule has 9 nitrogen and oxygen atoms in total. The number of carbonyl (C=O) groups excluding carboxylic acids is 4. The molecule has 182 valence electrons. The van der Waals surface area contributed by atoms with Crippen molar-refractivity contribution in [2.24, 2.45) is 11.7 Å². The van der Waals surface area contributed by atoms with Crippen LogP contribution in [-0.2, 0) is 14.4 Å². The first-order valence-corrected chi connectivity index (χ1v) is 12.5. The first kappa shape index (κ1) is 22.7. The minimum atomic E-state index is -0.320. The highest BCUT2D eigenvalue weighted by atomic mass is 16.2. The maximum absolute atomic E-state index is 13.6. The zero-order valence-electron chi connectivity index (χ0n) is 19.6. The Kier molecular flexibility index (Phi) is 6.18. The molecule has 9 heteroatoms. The number of piperidine rings is 2. The lowest BCUT2D eigenvalue weighted by molar-refractivity contribution is -0.134. The molecule has 4 aliphatic rings. The van der Waals surface area contributed by atoms with Gasteiger partial charge in [-0.25, -0.2) is 0 Å². The Labute approximate surface area is 199 Å². The minimum absolute atomic E-state index is 0.0201. The van der Waals surface area contributed by atoms with Crippen LogP contribution in [0.1, 0.15) is 55.3 Å². The molecule has 1 aromatic carbocycles. The molecule has 5 rings (SSSR count). The molecule has 0 aliphatic carbocycles. The van der Waals surface area contributed by atoms with E-state index in [1.807, 2.05) is 17.0 Å². The van der Waals surface area contributed by atoms with Crippen molar-refractivity contribution in [1.82, 2.24) is 9.80 Å². The van der Waals surface area contributed by atoms with Crippen molar-refractivity contribution in [2.75, 3.05) is 49.1 Å². The van der Waals surface area contributed by atoms with Gasteiger partial charge in [0.2, 0.25) is 17.7 Å². The minimum Gasteiger partial charge on any atom is -0.369 e. The first-order valence-electron chi connectivity index (χ1n) is 12.5. The Hall–Kier alpha value is -3.10. The van der Waals surface area contributed by atoms with E-state index in [1.54, 1.807) is 15.9 Å². The predicted octanol–water partition coefficient (Wildman–Crippen LogP) is 1.35. The summed E-state index contributed by atoms with van der Waals surface area (Å²) in [5.41, 5.74) is 7.55. The molecule has 3 saturated heterocycles. The standard InChI is InChI=1S/C25H33N5O4/c26-23(32)17-8-13-27(14-9-17)22(31)16-30-21-15-18(24(33)28-10-3-4-11-28)6-7-19(21)29-12-2-1-5-20(29)25(30)34/h6-7,15,17,20H,1-5,8-14,16H2,(H2,26,32). The van der Waals surface area contributed by atoms with Crippen LogP contribution in [0.15, 0.2) is 18.2 Å². The molecule has 1 unspecified atom stereocenters. The summed E-state index contributed by atoms with van der Waals surface area (Å²) in [4.78, 5) is 58.6. The zero-order chi connectivity index (χ0) is 23.8. The van der Waals surface area contributed by atoms with Crippen molar-refractivity contribution in [3.63, 3.8) is 0 Å². The smallest absolute Gasteiger partial charge is 0.253 e. The molecular formula is C25H33N5O4. The SMILES string of the molecule is NC(=O)C1CCN(C(=O)CN2C(=O)C3CCCCN3c3ccc(C(=O)N4CCCC4)cc32)CC1. The number of primary amides is 1. The van der Waals surface area contributed by atoms with Crippen molar-refractivity contribution >= 4 is 35.0 Å². The average molecular weight is 468 g/mol. The maximum Gasteiger partial charge on any atom is 0.253 e. The first-order chi connectivity index (χ1) is 16.4. The second-order valence-corrected chi connectivity index (χ2v) is 9.89. The molecule has 0 bridgehead atoms. The number of likely N-dealkylation sites (tertiary alicyclic amines) is 2. The number of rotatable bonds is 4. The Morgan fingerprint density at radius 1 is 0.853 bits per heavy atom.